The average Bonchev–Trinajstić information content (AvgIpc) is 3.11. The van der Waals surface area contributed by atoms with Gasteiger partial charge in [-0.2, -0.15) is 0 Å². The van der Waals surface area contributed by atoms with Crippen molar-refractivity contribution in [1.29, 1.82) is 0 Å². The molecule has 1 heterocycles. The summed E-state index contributed by atoms with van der Waals surface area (Å²) < 4.78 is 6.18. The van der Waals surface area contributed by atoms with E-state index in [1.54, 1.807) is 5.56 Å². The van der Waals surface area contributed by atoms with Gasteiger partial charge in [-0.3, -0.25) is 4.90 Å². The van der Waals surface area contributed by atoms with E-state index in [2.05, 4.69) is 62.1 Å². The van der Waals surface area contributed by atoms with Gasteiger partial charge in [0.25, 0.3) is 0 Å². The molecular weight excluding hydrogens is 318 g/mol. The predicted octanol–water partition coefficient (Wildman–Crippen LogP) is 5.40. The molecule has 0 bridgehead atoms. The van der Waals surface area contributed by atoms with Crippen molar-refractivity contribution in [1.82, 2.24) is 4.90 Å². The summed E-state index contributed by atoms with van der Waals surface area (Å²) in [6.07, 6.45) is 6.13. The van der Waals surface area contributed by atoms with E-state index < -0.39 is 0 Å². The molecule has 138 valence electrons. The largest absolute Gasteiger partial charge is 0.493 e. The van der Waals surface area contributed by atoms with Crippen molar-refractivity contribution in [3.63, 3.8) is 0 Å². The summed E-state index contributed by atoms with van der Waals surface area (Å²) in [4.78, 5) is 2.56. The standard InChI is InChI=1S/C24H31NO/c1-18-20(22-12-5-9-19-8-4-11-21(19)22)10-6-13-23(18)26-17-7-15-25-16-14-24(25,2)3/h5-6,9-10,12-13H,4,7-8,11,14-17H2,1-3H3. The molecule has 0 atom stereocenters. The van der Waals surface area contributed by atoms with Crippen molar-refractivity contribution < 1.29 is 4.74 Å². The highest BCUT2D eigenvalue weighted by Crippen LogP contribution is 2.36. The number of hydrogen-bond donors (Lipinski definition) is 0. The van der Waals surface area contributed by atoms with Crippen LogP contribution in [0.5, 0.6) is 5.75 Å². The van der Waals surface area contributed by atoms with Crippen LogP contribution >= 0.6 is 0 Å². The van der Waals surface area contributed by atoms with Crippen molar-refractivity contribution in [2.45, 2.75) is 58.4 Å². The summed E-state index contributed by atoms with van der Waals surface area (Å²) in [7, 11) is 0. The molecule has 2 aromatic carbocycles. The van der Waals surface area contributed by atoms with E-state index in [0.29, 0.717) is 5.54 Å². The number of fused-ring (bicyclic) bond motifs is 1. The molecule has 0 unspecified atom stereocenters. The molecule has 1 fully saturated rings. The second-order valence-corrected chi connectivity index (χ2v) is 8.48. The average molecular weight is 350 g/mol. The lowest BCUT2D eigenvalue weighted by Gasteiger charge is -2.48. The Labute approximate surface area is 158 Å². The molecule has 1 aliphatic carbocycles. The number of ether oxygens (including phenoxy) is 1. The predicted molar refractivity (Wildman–Crippen MR) is 109 cm³/mol. The topological polar surface area (TPSA) is 12.5 Å². The van der Waals surface area contributed by atoms with Crippen LogP contribution in [0.4, 0.5) is 0 Å². The molecule has 0 amide bonds. The third-order valence-electron chi connectivity index (χ3n) is 6.40. The van der Waals surface area contributed by atoms with E-state index in [0.717, 1.165) is 25.3 Å². The van der Waals surface area contributed by atoms with Crippen LogP contribution in [-0.2, 0) is 12.8 Å². The number of nitrogens with zero attached hydrogens (tertiary/aromatic N) is 1. The molecule has 2 aromatic rings. The van der Waals surface area contributed by atoms with Gasteiger partial charge in [0.05, 0.1) is 6.61 Å². The van der Waals surface area contributed by atoms with Gasteiger partial charge in [0.1, 0.15) is 5.75 Å². The normalized spacial score (nSPS) is 18.4. The first kappa shape index (κ1) is 17.6. The minimum absolute atomic E-state index is 0.392. The van der Waals surface area contributed by atoms with Crippen LogP contribution in [-0.4, -0.2) is 30.1 Å². The number of likely N-dealkylation sites (tertiary alicyclic amines) is 1. The number of benzene rings is 2. The molecule has 1 saturated heterocycles. The maximum absolute atomic E-state index is 6.18. The zero-order chi connectivity index (χ0) is 18.1. The minimum atomic E-state index is 0.392. The highest BCUT2D eigenvalue weighted by molar-refractivity contribution is 5.74. The molecular formula is C24H31NO. The molecule has 26 heavy (non-hydrogen) atoms. The van der Waals surface area contributed by atoms with Gasteiger partial charge in [-0.15, -0.1) is 0 Å². The monoisotopic (exact) mass is 349 g/mol. The SMILES string of the molecule is Cc1c(OCCCN2CCC2(C)C)cccc1-c1cccc2c1CCC2. The Morgan fingerprint density at radius 3 is 2.62 bits per heavy atom. The van der Waals surface area contributed by atoms with Gasteiger partial charge in [-0.1, -0.05) is 30.3 Å². The molecule has 0 spiro atoms. The zero-order valence-corrected chi connectivity index (χ0v) is 16.5. The second kappa shape index (κ2) is 7.08. The van der Waals surface area contributed by atoms with Crippen LogP contribution < -0.4 is 4.74 Å². The maximum atomic E-state index is 6.18. The molecule has 1 aliphatic heterocycles. The number of hydrogen-bond acceptors (Lipinski definition) is 2. The van der Waals surface area contributed by atoms with Crippen LogP contribution in [0.2, 0.25) is 0 Å². The third-order valence-corrected chi connectivity index (χ3v) is 6.40. The van der Waals surface area contributed by atoms with E-state index in [-0.39, 0.29) is 0 Å². The minimum Gasteiger partial charge on any atom is -0.493 e. The molecule has 0 saturated carbocycles. The van der Waals surface area contributed by atoms with Gasteiger partial charge in [-0.25, -0.2) is 0 Å². The Hall–Kier alpha value is -1.80. The van der Waals surface area contributed by atoms with Crippen LogP contribution in [0.15, 0.2) is 36.4 Å². The van der Waals surface area contributed by atoms with Crippen LogP contribution in [0.25, 0.3) is 11.1 Å². The van der Waals surface area contributed by atoms with Crippen LogP contribution in [0.1, 0.15) is 49.8 Å². The van der Waals surface area contributed by atoms with E-state index in [1.165, 1.54) is 54.5 Å². The van der Waals surface area contributed by atoms with E-state index in [9.17, 15) is 0 Å². The fraction of sp³-hybridized carbons (Fsp3) is 0.500. The Morgan fingerprint density at radius 2 is 1.85 bits per heavy atom. The summed E-state index contributed by atoms with van der Waals surface area (Å²) in [5, 5.41) is 0. The van der Waals surface area contributed by atoms with E-state index in [4.69, 9.17) is 4.74 Å². The molecule has 2 heteroatoms. The summed E-state index contributed by atoms with van der Waals surface area (Å²) in [5.74, 6) is 1.04. The Kier molecular flexibility index (Phi) is 4.79. The first-order valence-corrected chi connectivity index (χ1v) is 10.1. The number of aryl methyl sites for hydroxylation is 1. The Morgan fingerprint density at radius 1 is 1.04 bits per heavy atom. The highest BCUT2D eigenvalue weighted by atomic mass is 16.5. The molecule has 0 N–H and O–H groups in total. The fourth-order valence-electron chi connectivity index (χ4n) is 4.50. The second-order valence-electron chi connectivity index (χ2n) is 8.48. The van der Waals surface area contributed by atoms with E-state index in [1.807, 2.05) is 0 Å². The molecule has 4 rings (SSSR count). The lowest BCUT2D eigenvalue weighted by Crippen LogP contribution is -2.55. The summed E-state index contributed by atoms with van der Waals surface area (Å²) in [5.41, 5.74) is 7.49. The first-order chi connectivity index (χ1) is 12.6. The van der Waals surface area contributed by atoms with Crippen molar-refractivity contribution >= 4 is 0 Å². The zero-order valence-electron chi connectivity index (χ0n) is 16.5. The smallest absolute Gasteiger partial charge is 0.122 e. The van der Waals surface area contributed by atoms with Crippen molar-refractivity contribution in [3.8, 4) is 16.9 Å². The fourth-order valence-corrected chi connectivity index (χ4v) is 4.50. The summed E-state index contributed by atoms with van der Waals surface area (Å²) in [6.45, 7) is 10.0. The quantitative estimate of drug-likeness (QED) is 0.647. The Bertz CT molecular complexity index is 793. The van der Waals surface area contributed by atoms with Crippen molar-refractivity contribution in [2.75, 3.05) is 19.7 Å². The first-order valence-electron chi connectivity index (χ1n) is 10.1. The lowest BCUT2D eigenvalue weighted by atomic mass is 9.89. The molecule has 2 nitrogen and oxygen atoms in total. The van der Waals surface area contributed by atoms with Crippen molar-refractivity contribution in [3.05, 3.63) is 53.1 Å². The van der Waals surface area contributed by atoms with Gasteiger partial charge in [0.2, 0.25) is 0 Å². The number of rotatable bonds is 6. The highest BCUT2D eigenvalue weighted by Gasteiger charge is 2.34. The van der Waals surface area contributed by atoms with Crippen molar-refractivity contribution in [2.24, 2.45) is 0 Å². The maximum Gasteiger partial charge on any atom is 0.122 e. The van der Waals surface area contributed by atoms with Gasteiger partial charge >= 0.3 is 0 Å². The summed E-state index contributed by atoms with van der Waals surface area (Å²) >= 11 is 0. The molecule has 0 radical (unpaired) electrons. The van der Waals surface area contributed by atoms with Gasteiger partial charge in [-0.05, 0) is 86.8 Å². The van der Waals surface area contributed by atoms with Crippen LogP contribution in [0, 0.1) is 6.92 Å². The summed E-state index contributed by atoms with van der Waals surface area (Å²) in [6, 6.07) is 13.3. The third kappa shape index (κ3) is 3.27. The van der Waals surface area contributed by atoms with E-state index >= 15 is 0 Å². The van der Waals surface area contributed by atoms with Gasteiger partial charge in [0, 0.05) is 18.6 Å². The Balaban J connectivity index is 1.44. The molecule has 2 aliphatic rings. The molecule has 0 aromatic heterocycles. The van der Waals surface area contributed by atoms with Crippen LogP contribution in [0.3, 0.4) is 0 Å². The van der Waals surface area contributed by atoms with Gasteiger partial charge < -0.3 is 4.74 Å². The lowest BCUT2D eigenvalue weighted by molar-refractivity contribution is 0.0123. The van der Waals surface area contributed by atoms with Gasteiger partial charge in [0.15, 0.2) is 0 Å².